The number of aryl methyl sites for hydroxylation is 1. The van der Waals surface area contributed by atoms with Gasteiger partial charge in [-0.15, -0.1) is 11.3 Å². The van der Waals surface area contributed by atoms with Crippen molar-refractivity contribution in [3.8, 4) is 10.6 Å². The van der Waals surface area contributed by atoms with Gasteiger partial charge in [0.1, 0.15) is 5.01 Å². The standard InChI is InChI=1S/C13H10BrNOS/c14-9-5-2-1-4-8(9)13-15-10-6-3-7-11(16)12(10)17-13/h1-2,4-5H,3,6-7H2. The molecule has 86 valence electrons. The van der Waals surface area contributed by atoms with Crippen molar-refractivity contribution in [2.75, 3.05) is 0 Å². The highest BCUT2D eigenvalue weighted by atomic mass is 79.9. The van der Waals surface area contributed by atoms with Gasteiger partial charge in [0.25, 0.3) is 0 Å². The second-order valence-corrected chi connectivity index (χ2v) is 5.90. The SMILES string of the molecule is O=C1CCCc2nc(-c3ccccc3Br)sc21. The van der Waals surface area contributed by atoms with E-state index < -0.39 is 0 Å². The van der Waals surface area contributed by atoms with Crippen LogP contribution in [0.1, 0.15) is 28.2 Å². The van der Waals surface area contributed by atoms with Gasteiger partial charge < -0.3 is 0 Å². The van der Waals surface area contributed by atoms with E-state index in [4.69, 9.17) is 0 Å². The molecule has 0 radical (unpaired) electrons. The largest absolute Gasteiger partial charge is 0.293 e. The molecule has 3 rings (SSSR count). The fourth-order valence-electron chi connectivity index (χ4n) is 2.02. The molecule has 0 N–H and O–H groups in total. The summed E-state index contributed by atoms with van der Waals surface area (Å²) in [5, 5.41) is 0.942. The number of fused-ring (bicyclic) bond motifs is 1. The van der Waals surface area contributed by atoms with E-state index in [1.165, 1.54) is 11.3 Å². The first kappa shape index (κ1) is 11.1. The maximum absolute atomic E-state index is 11.8. The zero-order valence-electron chi connectivity index (χ0n) is 9.07. The number of halogens is 1. The molecule has 0 saturated carbocycles. The van der Waals surface area contributed by atoms with Gasteiger partial charge in [0, 0.05) is 16.5 Å². The van der Waals surface area contributed by atoms with Crippen LogP contribution < -0.4 is 0 Å². The predicted molar refractivity (Wildman–Crippen MR) is 72.5 cm³/mol. The summed E-state index contributed by atoms with van der Waals surface area (Å²) < 4.78 is 1.03. The first-order valence-electron chi connectivity index (χ1n) is 5.53. The number of ketones is 1. The number of thiazole rings is 1. The third-order valence-corrected chi connectivity index (χ3v) is 4.74. The Labute approximate surface area is 112 Å². The topological polar surface area (TPSA) is 30.0 Å². The second-order valence-electron chi connectivity index (χ2n) is 4.05. The second kappa shape index (κ2) is 4.35. The van der Waals surface area contributed by atoms with E-state index in [0.717, 1.165) is 38.5 Å². The van der Waals surface area contributed by atoms with Gasteiger partial charge in [0.05, 0.1) is 10.6 Å². The predicted octanol–water partition coefficient (Wildman–Crippen LogP) is 4.09. The van der Waals surface area contributed by atoms with Crippen LogP contribution >= 0.6 is 27.3 Å². The molecular formula is C13H10BrNOS. The molecule has 1 aliphatic rings. The summed E-state index contributed by atoms with van der Waals surface area (Å²) >= 11 is 5.04. The quantitative estimate of drug-likeness (QED) is 0.794. The van der Waals surface area contributed by atoms with Crippen molar-refractivity contribution in [1.82, 2.24) is 4.98 Å². The van der Waals surface area contributed by atoms with Crippen LogP contribution in [0.5, 0.6) is 0 Å². The van der Waals surface area contributed by atoms with Crippen molar-refractivity contribution in [3.05, 3.63) is 39.3 Å². The van der Waals surface area contributed by atoms with Gasteiger partial charge in [0.15, 0.2) is 5.78 Å². The highest BCUT2D eigenvalue weighted by Gasteiger charge is 2.22. The molecule has 0 saturated heterocycles. The van der Waals surface area contributed by atoms with E-state index in [1.54, 1.807) is 0 Å². The monoisotopic (exact) mass is 307 g/mol. The molecule has 0 amide bonds. The average molecular weight is 308 g/mol. The first-order valence-corrected chi connectivity index (χ1v) is 7.14. The van der Waals surface area contributed by atoms with Crippen LogP contribution in [0, 0.1) is 0 Å². The Kier molecular flexibility index (Phi) is 2.84. The Hall–Kier alpha value is -1.000. The molecule has 1 aromatic carbocycles. The lowest BCUT2D eigenvalue weighted by Gasteiger charge is -2.06. The fourth-order valence-corrected chi connectivity index (χ4v) is 3.74. The number of carbonyl (C=O) groups excluding carboxylic acids is 1. The fraction of sp³-hybridized carbons (Fsp3) is 0.231. The normalized spacial score (nSPS) is 14.8. The number of hydrogen-bond acceptors (Lipinski definition) is 3. The highest BCUT2D eigenvalue weighted by molar-refractivity contribution is 9.10. The van der Waals surface area contributed by atoms with E-state index in [-0.39, 0.29) is 5.78 Å². The Balaban J connectivity index is 2.11. The van der Waals surface area contributed by atoms with Gasteiger partial charge in [0.2, 0.25) is 0 Å². The molecule has 17 heavy (non-hydrogen) atoms. The Bertz CT molecular complexity index is 591. The zero-order valence-corrected chi connectivity index (χ0v) is 11.5. The van der Waals surface area contributed by atoms with Gasteiger partial charge in [-0.1, -0.05) is 34.1 Å². The number of carbonyl (C=O) groups is 1. The lowest BCUT2D eigenvalue weighted by Crippen LogP contribution is -2.07. The van der Waals surface area contributed by atoms with Crippen LogP contribution in [0.4, 0.5) is 0 Å². The molecule has 4 heteroatoms. The molecule has 0 fully saturated rings. The number of nitrogens with zero attached hydrogens (tertiary/aromatic N) is 1. The maximum Gasteiger partial charge on any atom is 0.174 e. The van der Waals surface area contributed by atoms with Crippen LogP contribution in [-0.2, 0) is 6.42 Å². The van der Waals surface area contributed by atoms with E-state index in [1.807, 2.05) is 24.3 Å². The third kappa shape index (κ3) is 1.96. The van der Waals surface area contributed by atoms with E-state index >= 15 is 0 Å². The molecule has 0 spiro atoms. The molecular weight excluding hydrogens is 298 g/mol. The first-order chi connectivity index (χ1) is 8.25. The van der Waals surface area contributed by atoms with Crippen LogP contribution in [-0.4, -0.2) is 10.8 Å². The van der Waals surface area contributed by atoms with E-state index in [9.17, 15) is 4.79 Å². The average Bonchev–Trinajstić information content (AvgIpc) is 2.75. The molecule has 2 aromatic rings. The maximum atomic E-state index is 11.8. The van der Waals surface area contributed by atoms with Gasteiger partial charge in [-0.05, 0) is 18.9 Å². The highest BCUT2D eigenvalue weighted by Crippen LogP contribution is 2.35. The Morgan fingerprint density at radius 2 is 2.06 bits per heavy atom. The molecule has 0 aliphatic heterocycles. The van der Waals surface area contributed by atoms with Gasteiger partial charge in [-0.2, -0.15) is 0 Å². The number of aromatic nitrogens is 1. The number of Topliss-reactive ketones (excluding diaryl/α,β-unsaturated/α-hetero) is 1. The Morgan fingerprint density at radius 1 is 1.24 bits per heavy atom. The van der Waals surface area contributed by atoms with Crippen LogP contribution in [0.3, 0.4) is 0 Å². The van der Waals surface area contributed by atoms with Gasteiger partial charge in [-0.3, -0.25) is 4.79 Å². The summed E-state index contributed by atoms with van der Waals surface area (Å²) in [6, 6.07) is 7.99. The lowest BCUT2D eigenvalue weighted by atomic mass is 10.0. The van der Waals surface area contributed by atoms with E-state index in [0.29, 0.717) is 6.42 Å². The van der Waals surface area contributed by atoms with Crippen molar-refractivity contribution < 1.29 is 4.79 Å². The van der Waals surface area contributed by atoms with Crippen molar-refractivity contribution in [1.29, 1.82) is 0 Å². The van der Waals surface area contributed by atoms with Crippen LogP contribution in [0.2, 0.25) is 0 Å². The Morgan fingerprint density at radius 3 is 2.82 bits per heavy atom. The minimum Gasteiger partial charge on any atom is -0.293 e. The number of rotatable bonds is 1. The summed E-state index contributed by atoms with van der Waals surface area (Å²) in [5.41, 5.74) is 2.05. The summed E-state index contributed by atoms with van der Waals surface area (Å²) in [6.07, 6.45) is 2.54. The van der Waals surface area contributed by atoms with Crippen molar-refractivity contribution >= 4 is 33.0 Å². The zero-order chi connectivity index (χ0) is 11.8. The van der Waals surface area contributed by atoms with Crippen LogP contribution in [0.15, 0.2) is 28.7 Å². The summed E-state index contributed by atoms with van der Waals surface area (Å²) in [4.78, 5) is 17.2. The van der Waals surface area contributed by atoms with Crippen molar-refractivity contribution in [2.24, 2.45) is 0 Å². The minimum absolute atomic E-state index is 0.252. The van der Waals surface area contributed by atoms with Crippen molar-refractivity contribution in [3.63, 3.8) is 0 Å². The molecule has 0 atom stereocenters. The number of benzene rings is 1. The van der Waals surface area contributed by atoms with Gasteiger partial charge in [-0.25, -0.2) is 4.98 Å². The van der Waals surface area contributed by atoms with E-state index in [2.05, 4.69) is 20.9 Å². The van der Waals surface area contributed by atoms with Crippen LogP contribution in [0.25, 0.3) is 10.6 Å². The smallest absolute Gasteiger partial charge is 0.174 e. The molecule has 1 aromatic heterocycles. The molecule has 1 aliphatic carbocycles. The summed E-state index contributed by atoms with van der Waals surface area (Å²) in [5.74, 6) is 0.252. The third-order valence-electron chi connectivity index (χ3n) is 2.87. The van der Waals surface area contributed by atoms with Gasteiger partial charge >= 0.3 is 0 Å². The lowest BCUT2D eigenvalue weighted by molar-refractivity contribution is 0.0976. The molecule has 1 heterocycles. The minimum atomic E-state index is 0.252. The summed E-state index contributed by atoms with van der Waals surface area (Å²) in [6.45, 7) is 0. The molecule has 0 unspecified atom stereocenters. The summed E-state index contributed by atoms with van der Waals surface area (Å²) in [7, 11) is 0. The number of hydrogen-bond donors (Lipinski definition) is 0. The molecule has 0 bridgehead atoms. The van der Waals surface area contributed by atoms with Crippen molar-refractivity contribution in [2.45, 2.75) is 19.3 Å². The molecule has 2 nitrogen and oxygen atoms in total.